The maximum Gasteiger partial charge on any atom is 0.231 e. The first-order chi connectivity index (χ1) is 13.1. The predicted molar refractivity (Wildman–Crippen MR) is 108 cm³/mol. The van der Waals surface area contributed by atoms with Gasteiger partial charge in [-0.05, 0) is 48.7 Å². The summed E-state index contributed by atoms with van der Waals surface area (Å²) in [5, 5.41) is 9.11. The van der Waals surface area contributed by atoms with Crippen molar-refractivity contribution in [2.75, 3.05) is 13.9 Å². The number of benzene rings is 1. The zero-order valence-electron chi connectivity index (χ0n) is 15.6. The highest BCUT2D eigenvalue weighted by Gasteiger charge is 2.21. The normalized spacial score (nSPS) is 13.7. The molecule has 0 spiro atoms. The van der Waals surface area contributed by atoms with Crippen LogP contribution in [0.5, 0.6) is 17.2 Å². The molecule has 1 aliphatic rings. The second-order valence-corrected chi connectivity index (χ2v) is 8.50. The Bertz CT molecular complexity index is 902. The van der Waals surface area contributed by atoms with E-state index in [1.807, 2.05) is 12.1 Å². The fraction of sp³-hybridized carbons (Fsp3) is 0.350. The van der Waals surface area contributed by atoms with Gasteiger partial charge < -0.3 is 19.5 Å². The first-order valence-electron chi connectivity index (χ1n) is 8.79. The number of nitrogens with zero attached hydrogens (tertiary/aromatic N) is 1. The minimum Gasteiger partial charge on any atom is -0.496 e. The van der Waals surface area contributed by atoms with Gasteiger partial charge in [0, 0.05) is 23.1 Å². The van der Waals surface area contributed by atoms with Crippen LogP contribution in [0.3, 0.4) is 0 Å². The third-order valence-corrected chi connectivity index (χ3v) is 6.60. The van der Waals surface area contributed by atoms with E-state index in [0.717, 1.165) is 39.9 Å². The Kier molecular flexibility index (Phi) is 5.33. The van der Waals surface area contributed by atoms with Crippen molar-refractivity contribution in [3.05, 3.63) is 55.7 Å². The van der Waals surface area contributed by atoms with Crippen LogP contribution >= 0.6 is 22.7 Å². The topological polar surface area (TPSA) is 52.6 Å². The molecule has 0 saturated carbocycles. The summed E-state index contributed by atoms with van der Waals surface area (Å²) in [4.78, 5) is 6.05. The Morgan fingerprint density at radius 1 is 1.26 bits per heavy atom. The van der Waals surface area contributed by atoms with E-state index < -0.39 is 0 Å². The number of methoxy groups -OCH3 is 1. The van der Waals surface area contributed by atoms with E-state index in [0.29, 0.717) is 6.54 Å². The number of thiazole rings is 1. The molecule has 1 atom stereocenters. The standard InChI is InChI=1S/C20H22N2O3S2/c1-12-13(2)27-20(22-12)16(6-14-4-5-26-10-14)21-9-15-7-18-19(25-11-24-18)8-17(15)23-3/h4-5,7-8,10,16,21H,6,9,11H2,1-3H3/t16-/m0/s1. The van der Waals surface area contributed by atoms with E-state index in [-0.39, 0.29) is 12.8 Å². The Morgan fingerprint density at radius 3 is 2.74 bits per heavy atom. The average molecular weight is 403 g/mol. The number of ether oxygens (including phenoxy) is 3. The first kappa shape index (κ1) is 18.3. The van der Waals surface area contributed by atoms with Gasteiger partial charge in [0.05, 0.1) is 18.8 Å². The van der Waals surface area contributed by atoms with E-state index in [1.54, 1.807) is 29.8 Å². The van der Waals surface area contributed by atoms with Crippen molar-refractivity contribution in [3.63, 3.8) is 0 Å². The van der Waals surface area contributed by atoms with Gasteiger partial charge in [-0.1, -0.05) is 0 Å². The number of thiophene rings is 1. The van der Waals surface area contributed by atoms with Gasteiger partial charge in [-0.25, -0.2) is 4.98 Å². The Hall–Kier alpha value is -2.09. The van der Waals surface area contributed by atoms with Crippen molar-refractivity contribution in [2.45, 2.75) is 32.9 Å². The summed E-state index contributed by atoms with van der Waals surface area (Å²) in [6.45, 7) is 5.11. The molecular weight excluding hydrogens is 380 g/mol. The molecule has 0 bridgehead atoms. The SMILES string of the molecule is COc1cc2c(cc1CN[C@@H](Cc1ccsc1)c1nc(C)c(C)s1)OCO2. The number of aryl methyl sites for hydroxylation is 2. The monoisotopic (exact) mass is 402 g/mol. The van der Waals surface area contributed by atoms with E-state index >= 15 is 0 Å². The Labute approximate surface area is 166 Å². The second-order valence-electron chi connectivity index (χ2n) is 6.48. The van der Waals surface area contributed by atoms with Crippen molar-refractivity contribution in [2.24, 2.45) is 0 Å². The van der Waals surface area contributed by atoms with Crippen molar-refractivity contribution >= 4 is 22.7 Å². The number of hydrogen-bond acceptors (Lipinski definition) is 7. The largest absolute Gasteiger partial charge is 0.496 e. The third-order valence-electron chi connectivity index (χ3n) is 4.68. The van der Waals surface area contributed by atoms with Crippen LogP contribution in [0.4, 0.5) is 0 Å². The lowest BCUT2D eigenvalue weighted by atomic mass is 10.1. The van der Waals surface area contributed by atoms with Crippen LogP contribution in [0.2, 0.25) is 0 Å². The molecule has 7 heteroatoms. The first-order valence-corrected chi connectivity index (χ1v) is 10.5. The zero-order valence-corrected chi connectivity index (χ0v) is 17.2. The van der Waals surface area contributed by atoms with Crippen LogP contribution in [0.15, 0.2) is 29.0 Å². The van der Waals surface area contributed by atoms with Crippen molar-refractivity contribution in [3.8, 4) is 17.2 Å². The molecule has 3 heterocycles. The van der Waals surface area contributed by atoms with Gasteiger partial charge in [0.1, 0.15) is 10.8 Å². The highest BCUT2D eigenvalue weighted by molar-refractivity contribution is 7.11. The minimum absolute atomic E-state index is 0.145. The summed E-state index contributed by atoms with van der Waals surface area (Å²) in [6.07, 6.45) is 0.906. The van der Waals surface area contributed by atoms with Crippen LogP contribution in [-0.2, 0) is 13.0 Å². The molecule has 142 valence electrons. The lowest BCUT2D eigenvalue weighted by Gasteiger charge is -2.18. The number of rotatable bonds is 7. The summed E-state index contributed by atoms with van der Waals surface area (Å²) in [7, 11) is 1.68. The quantitative estimate of drug-likeness (QED) is 0.624. The summed E-state index contributed by atoms with van der Waals surface area (Å²) in [5.74, 6) is 2.30. The Morgan fingerprint density at radius 2 is 2.07 bits per heavy atom. The van der Waals surface area contributed by atoms with E-state index in [2.05, 4.69) is 36.0 Å². The lowest BCUT2D eigenvalue weighted by molar-refractivity contribution is 0.174. The maximum absolute atomic E-state index is 5.55. The molecule has 0 fully saturated rings. The van der Waals surface area contributed by atoms with Crippen molar-refractivity contribution < 1.29 is 14.2 Å². The molecule has 1 aliphatic heterocycles. The summed E-state index contributed by atoms with van der Waals surface area (Å²) >= 11 is 3.49. The molecule has 0 saturated heterocycles. The molecule has 0 amide bonds. The maximum atomic E-state index is 5.55. The van der Waals surface area contributed by atoms with Gasteiger partial charge in [-0.15, -0.1) is 11.3 Å². The number of nitrogens with one attached hydrogen (secondary N) is 1. The van der Waals surface area contributed by atoms with Gasteiger partial charge in [-0.3, -0.25) is 0 Å². The smallest absolute Gasteiger partial charge is 0.231 e. The summed E-state index contributed by atoms with van der Waals surface area (Å²) in [6, 6.07) is 6.21. The number of aromatic nitrogens is 1. The van der Waals surface area contributed by atoms with Gasteiger partial charge in [0.2, 0.25) is 6.79 Å². The highest BCUT2D eigenvalue weighted by Crippen LogP contribution is 2.38. The predicted octanol–water partition coefficient (Wildman–Crippen LogP) is 4.63. The van der Waals surface area contributed by atoms with E-state index in [4.69, 9.17) is 19.2 Å². The van der Waals surface area contributed by atoms with Crippen molar-refractivity contribution in [1.82, 2.24) is 10.3 Å². The minimum atomic E-state index is 0.145. The fourth-order valence-corrected chi connectivity index (χ4v) is 4.74. The molecule has 0 unspecified atom stereocenters. The van der Waals surface area contributed by atoms with Crippen LogP contribution in [0.1, 0.15) is 32.7 Å². The molecule has 0 aliphatic carbocycles. The molecule has 0 radical (unpaired) electrons. The van der Waals surface area contributed by atoms with E-state index in [9.17, 15) is 0 Å². The van der Waals surface area contributed by atoms with Crippen LogP contribution < -0.4 is 19.5 Å². The number of fused-ring (bicyclic) bond motifs is 1. The molecule has 27 heavy (non-hydrogen) atoms. The van der Waals surface area contributed by atoms with E-state index in [1.165, 1.54) is 10.4 Å². The third kappa shape index (κ3) is 3.95. The van der Waals surface area contributed by atoms with Gasteiger partial charge in [0.15, 0.2) is 11.5 Å². The second kappa shape index (κ2) is 7.88. The van der Waals surface area contributed by atoms with Gasteiger partial charge in [0.25, 0.3) is 0 Å². The number of hydrogen-bond donors (Lipinski definition) is 1. The highest BCUT2D eigenvalue weighted by atomic mass is 32.1. The fourth-order valence-electron chi connectivity index (χ4n) is 3.06. The molecule has 5 nitrogen and oxygen atoms in total. The van der Waals surface area contributed by atoms with Crippen LogP contribution in [0.25, 0.3) is 0 Å². The molecular formula is C20H22N2O3S2. The van der Waals surface area contributed by atoms with Crippen LogP contribution in [-0.4, -0.2) is 18.9 Å². The van der Waals surface area contributed by atoms with Crippen molar-refractivity contribution in [1.29, 1.82) is 0 Å². The molecule has 3 aromatic rings. The van der Waals surface area contributed by atoms with Gasteiger partial charge in [-0.2, -0.15) is 11.3 Å². The molecule has 1 aromatic carbocycles. The molecule has 4 rings (SSSR count). The zero-order chi connectivity index (χ0) is 18.8. The Balaban J connectivity index is 1.56. The molecule has 2 aromatic heterocycles. The molecule has 1 N–H and O–H groups in total. The average Bonchev–Trinajstić information content (AvgIpc) is 3.40. The summed E-state index contributed by atoms with van der Waals surface area (Å²) < 4.78 is 16.5. The van der Waals surface area contributed by atoms with Gasteiger partial charge >= 0.3 is 0 Å². The lowest BCUT2D eigenvalue weighted by Crippen LogP contribution is -2.23. The van der Waals surface area contributed by atoms with Crippen LogP contribution in [0, 0.1) is 13.8 Å². The summed E-state index contributed by atoms with van der Waals surface area (Å²) in [5.41, 5.74) is 3.47.